The highest BCUT2D eigenvalue weighted by Gasteiger charge is 2.10. The smallest absolute Gasteiger partial charge is 0.130 e. The summed E-state index contributed by atoms with van der Waals surface area (Å²) in [4.78, 5) is 0. The van der Waals surface area contributed by atoms with Gasteiger partial charge in [0.15, 0.2) is 0 Å². The van der Waals surface area contributed by atoms with E-state index in [0.29, 0.717) is 4.47 Å². The van der Waals surface area contributed by atoms with Crippen molar-refractivity contribution in [3.8, 4) is 5.75 Å². The molecule has 65 valence electrons. The van der Waals surface area contributed by atoms with E-state index in [1.165, 1.54) is 0 Å². The summed E-state index contributed by atoms with van der Waals surface area (Å²) in [6.07, 6.45) is 0. The molecule has 0 aliphatic rings. The van der Waals surface area contributed by atoms with Gasteiger partial charge in [-0.1, -0.05) is 19.1 Å². The molecule has 2 N–H and O–H groups in total. The predicted octanol–water partition coefficient (Wildman–Crippen LogP) is 2.09. The molecule has 0 atom stereocenters. The Kier molecular flexibility index (Phi) is 3.12. The lowest BCUT2D eigenvalue weighted by Crippen LogP contribution is -2.00. The summed E-state index contributed by atoms with van der Waals surface area (Å²) in [5.41, 5.74) is 0.845. The molecule has 0 aliphatic heterocycles. The number of aliphatic hydroxyl groups is 1. The van der Waals surface area contributed by atoms with Crippen molar-refractivity contribution in [1.82, 2.24) is 0 Å². The van der Waals surface area contributed by atoms with Gasteiger partial charge in [0.05, 0.1) is 11.1 Å². The first-order chi connectivity index (χ1) is 5.66. The first-order valence-electron chi connectivity index (χ1n) is 3.58. The maximum absolute atomic E-state index is 9.30. The third-order valence-corrected chi connectivity index (χ3v) is 2.51. The third-order valence-electron chi connectivity index (χ3n) is 1.68. The number of halogens is 1. The fraction of sp³-hybridized carbons (Fsp3) is 0.222. The van der Waals surface area contributed by atoms with E-state index in [9.17, 15) is 5.11 Å². The standard InChI is InChI=1S/C9H10BrO2/c1-6(5-11)7-3-2-4-8(12)9(7)10/h2-4,11-12H,5H2,1H3. The number of aliphatic hydroxyl groups excluding tert-OH is 1. The molecular formula is C9H10BrO2. The number of aromatic hydroxyl groups is 1. The van der Waals surface area contributed by atoms with E-state index < -0.39 is 0 Å². The summed E-state index contributed by atoms with van der Waals surface area (Å²) in [6, 6.07) is 5.18. The van der Waals surface area contributed by atoms with Gasteiger partial charge in [0.2, 0.25) is 0 Å². The van der Waals surface area contributed by atoms with Crippen LogP contribution in [0.3, 0.4) is 0 Å². The molecule has 1 aromatic rings. The van der Waals surface area contributed by atoms with Gasteiger partial charge in [0, 0.05) is 5.92 Å². The van der Waals surface area contributed by atoms with Crippen LogP contribution in [0.2, 0.25) is 0 Å². The summed E-state index contributed by atoms with van der Waals surface area (Å²) in [5.74, 6) is 1.03. The second-order valence-corrected chi connectivity index (χ2v) is 3.37. The van der Waals surface area contributed by atoms with E-state index in [2.05, 4.69) is 15.9 Å². The molecule has 1 radical (unpaired) electrons. The topological polar surface area (TPSA) is 40.5 Å². The van der Waals surface area contributed by atoms with Crippen molar-refractivity contribution in [2.75, 3.05) is 6.61 Å². The molecular weight excluding hydrogens is 220 g/mol. The molecule has 1 aromatic carbocycles. The zero-order valence-corrected chi connectivity index (χ0v) is 8.30. The molecule has 0 spiro atoms. The zero-order chi connectivity index (χ0) is 9.14. The van der Waals surface area contributed by atoms with Crippen molar-refractivity contribution >= 4 is 15.9 Å². The number of benzene rings is 1. The summed E-state index contributed by atoms with van der Waals surface area (Å²) in [6.45, 7) is 1.82. The number of hydrogen-bond acceptors (Lipinski definition) is 2. The normalized spacial score (nSPS) is 10.7. The average Bonchev–Trinajstić information content (AvgIpc) is 2.08. The Labute approximate surface area is 80.0 Å². The Morgan fingerprint density at radius 3 is 2.75 bits per heavy atom. The zero-order valence-electron chi connectivity index (χ0n) is 6.71. The van der Waals surface area contributed by atoms with Crippen molar-refractivity contribution in [3.63, 3.8) is 0 Å². The Bertz CT molecular complexity index is 273. The van der Waals surface area contributed by atoms with Gasteiger partial charge in [0.1, 0.15) is 5.75 Å². The van der Waals surface area contributed by atoms with Crippen LogP contribution in [-0.2, 0) is 0 Å². The van der Waals surface area contributed by atoms with Gasteiger partial charge >= 0.3 is 0 Å². The molecule has 0 fully saturated rings. The number of hydrogen-bond donors (Lipinski definition) is 2. The largest absolute Gasteiger partial charge is 0.507 e. The van der Waals surface area contributed by atoms with E-state index in [4.69, 9.17) is 5.11 Å². The fourth-order valence-electron chi connectivity index (χ4n) is 0.935. The maximum Gasteiger partial charge on any atom is 0.130 e. The summed E-state index contributed by atoms with van der Waals surface area (Å²) in [7, 11) is 0. The molecule has 0 aromatic heterocycles. The summed E-state index contributed by atoms with van der Waals surface area (Å²) in [5, 5.41) is 18.2. The molecule has 12 heavy (non-hydrogen) atoms. The van der Waals surface area contributed by atoms with Crippen LogP contribution in [0.5, 0.6) is 5.75 Å². The lowest BCUT2D eigenvalue weighted by Gasteiger charge is -2.10. The van der Waals surface area contributed by atoms with Crippen LogP contribution >= 0.6 is 15.9 Å². The Hall–Kier alpha value is -0.540. The minimum Gasteiger partial charge on any atom is -0.507 e. The van der Waals surface area contributed by atoms with Gasteiger partial charge in [-0.25, -0.2) is 0 Å². The Balaban J connectivity index is 3.07. The molecule has 0 aliphatic carbocycles. The SMILES string of the molecule is C[C](CO)c1cccc(O)c1Br. The molecule has 0 unspecified atom stereocenters. The third kappa shape index (κ3) is 1.79. The minimum absolute atomic E-state index is 0.00204. The molecule has 2 nitrogen and oxygen atoms in total. The van der Waals surface area contributed by atoms with Gasteiger partial charge in [0.25, 0.3) is 0 Å². The van der Waals surface area contributed by atoms with Crippen LogP contribution in [-0.4, -0.2) is 16.8 Å². The first kappa shape index (κ1) is 9.55. The van der Waals surface area contributed by atoms with Crippen LogP contribution in [0, 0.1) is 5.92 Å². The van der Waals surface area contributed by atoms with E-state index in [0.717, 1.165) is 11.5 Å². The summed E-state index contributed by atoms with van der Waals surface area (Å²) >= 11 is 3.24. The Morgan fingerprint density at radius 2 is 2.17 bits per heavy atom. The molecule has 0 saturated carbocycles. The monoisotopic (exact) mass is 229 g/mol. The summed E-state index contributed by atoms with van der Waals surface area (Å²) < 4.78 is 0.636. The second-order valence-electron chi connectivity index (χ2n) is 2.58. The minimum atomic E-state index is 0.00204. The molecule has 0 heterocycles. The highest BCUT2D eigenvalue weighted by atomic mass is 79.9. The first-order valence-corrected chi connectivity index (χ1v) is 4.37. The Morgan fingerprint density at radius 1 is 1.50 bits per heavy atom. The molecule has 0 amide bonds. The number of phenols is 1. The molecule has 0 bridgehead atoms. The van der Waals surface area contributed by atoms with Gasteiger partial charge in [-0.3, -0.25) is 0 Å². The van der Waals surface area contributed by atoms with Gasteiger partial charge < -0.3 is 10.2 Å². The van der Waals surface area contributed by atoms with Crippen LogP contribution in [0.15, 0.2) is 22.7 Å². The van der Waals surface area contributed by atoms with Crippen molar-refractivity contribution in [2.45, 2.75) is 6.92 Å². The fourth-order valence-corrected chi connectivity index (χ4v) is 1.54. The van der Waals surface area contributed by atoms with Gasteiger partial charge in [-0.2, -0.15) is 0 Å². The van der Waals surface area contributed by atoms with Crippen LogP contribution in [0.4, 0.5) is 0 Å². The van der Waals surface area contributed by atoms with Crippen molar-refractivity contribution in [3.05, 3.63) is 34.2 Å². The highest BCUT2D eigenvalue weighted by molar-refractivity contribution is 9.10. The van der Waals surface area contributed by atoms with Gasteiger partial charge in [-0.05, 0) is 27.6 Å². The molecule has 1 rings (SSSR count). The average molecular weight is 230 g/mol. The molecule has 3 heteroatoms. The lowest BCUT2D eigenvalue weighted by atomic mass is 10.0. The predicted molar refractivity (Wildman–Crippen MR) is 50.9 cm³/mol. The lowest BCUT2D eigenvalue weighted by molar-refractivity contribution is 0.314. The van der Waals surface area contributed by atoms with E-state index >= 15 is 0 Å². The number of rotatable bonds is 2. The highest BCUT2D eigenvalue weighted by Crippen LogP contribution is 2.31. The molecule has 0 saturated heterocycles. The van der Waals surface area contributed by atoms with Crippen molar-refractivity contribution < 1.29 is 10.2 Å². The van der Waals surface area contributed by atoms with Crippen molar-refractivity contribution in [2.24, 2.45) is 0 Å². The van der Waals surface area contributed by atoms with E-state index in [-0.39, 0.29) is 12.4 Å². The van der Waals surface area contributed by atoms with Crippen molar-refractivity contribution in [1.29, 1.82) is 0 Å². The maximum atomic E-state index is 9.30. The second kappa shape index (κ2) is 3.92. The quantitative estimate of drug-likeness (QED) is 0.816. The number of phenolic OH excluding ortho intramolecular Hbond substituents is 1. The van der Waals surface area contributed by atoms with Crippen LogP contribution < -0.4 is 0 Å². The van der Waals surface area contributed by atoms with Gasteiger partial charge in [-0.15, -0.1) is 0 Å². The van der Waals surface area contributed by atoms with E-state index in [1.54, 1.807) is 12.1 Å². The van der Waals surface area contributed by atoms with Crippen LogP contribution in [0.1, 0.15) is 12.5 Å². The van der Waals surface area contributed by atoms with E-state index in [1.807, 2.05) is 13.0 Å². The van der Waals surface area contributed by atoms with Crippen LogP contribution in [0.25, 0.3) is 0 Å².